The van der Waals surface area contributed by atoms with E-state index in [4.69, 9.17) is 11.6 Å². The van der Waals surface area contributed by atoms with Crippen molar-refractivity contribution in [3.8, 4) is 0 Å². The molecule has 25 heavy (non-hydrogen) atoms. The van der Waals surface area contributed by atoms with E-state index in [-0.39, 0.29) is 5.69 Å². The number of nitrogens with one attached hydrogen (secondary N) is 1. The lowest BCUT2D eigenvalue weighted by Gasteiger charge is -2.28. The quantitative estimate of drug-likeness (QED) is 0.675. The van der Waals surface area contributed by atoms with Crippen molar-refractivity contribution in [2.75, 3.05) is 4.90 Å². The molecule has 1 aliphatic heterocycles. The SMILES string of the molecule is O=C1NC(=O)N(c2ccccc2F)C(=O)[C@@H]1C=Nc1cccc(Cl)c1. The molecule has 0 radical (unpaired) electrons. The van der Waals surface area contributed by atoms with Crippen LogP contribution in [-0.4, -0.2) is 24.1 Å². The van der Waals surface area contributed by atoms with E-state index in [2.05, 4.69) is 4.99 Å². The lowest BCUT2D eigenvalue weighted by Crippen LogP contribution is -2.58. The predicted octanol–water partition coefficient (Wildman–Crippen LogP) is 3.08. The van der Waals surface area contributed by atoms with Gasteiger partial charge in [0.05, 0.1) is 11.4 Å². The number of benzene rings is 2. The molecule has 2 aromatic rings. The van der Waals surface area contributed by atoms with Gasteiger partial charge in [-0.1, -0.05) is 29.8 Å². The van der Waals surface area contributed by atoms with Crippen LogP contribution in [0.4, 0.5) is 20.6 Å². The number of anilines is 1. The molecular weight excluding hydrogens is 349 g/mol. The van der Waals surface area contributed by atoms with Gasteiger partial charge in [0.15, 0.2) is 5.92 Å². The fourth-order valence-corrected chi connectivity index (χ4v) is 2.48. The monoisotopic (exact) mass is 359 g/mol. The normalized spacial score (nSPS) is 17.9. The standard InChI is InChI=1S/C17H11ClFN3O3/c18-10-4-3-5-11(8-10)20-9-12-15(23)21-17(25)22(16(12)24)14-7-2-1-6-13(14)19/h1-9,12H,(H,21,23,25)/t12-/m1/s1. The molecule has 0 aliphatic carbocycles. The van der Waals surface area contributed by atoms with Crippen molar-refractivity contribution in [1.82, 2.24) is 5.32 Å². The summed E-state index contributed by atoms with van der Waals surface area (Å²) in [6.45, 7) is 0. The topological polar surface area (TPSA) is 78.8 Å². The summed E-state index contributed by atoms with van der Waals surface area (Å²) in [7, 11) is 0. The Morgan fingerprint density at radius 1 is 1.12 bits per heavy atom. The molecule has 0 spiro atoms. The van der Waals surface area contributed by atoms with Crippen LogP contribution in [0.3, 0.4) is 0 Å². The molecule has 1 atom stereocenters. The molecule has 1 aliphatic rings. The van der Waals surface area contributed by atoms with Crippen molar-refractivity contribution >= 4 is 47.0 Å². The fraction of sp³-hybridized carbons (Fsp3) is 0.0588. The highest BCUT2D eigenvalue weighted by atomic mass is 35.5. The first-order valence-electron chi connectivity index (χ1n) is 7.20. The third kappa shape index (κ3) is 3.41. The molecule has 0 unspecified atom stereocenters. The second kappa shape index (κ2) is 6.82. The van der Waals surface area contributed by atoms with Gasteiger partial charge in [-0.05, 0) is 30.3 Å². The van der Waals surface area contributed by atoms with Gasteiger partial charge in [0.2, 0.25) is 5.91 Å². The van der Waals surface area contributed by atoms with Crippen molar-refractivity contribution < 1.29 is 18.8 Å². The molecule has 0 bridgehead atoms. The van der Waals surface area contributed by atoms with Crippen LogP contribution in [-0.2, 0) is 9.59 Å². The maximum atomic E-state index is 13.9. The maximum absolute atomic E-state index is 13.9. The van der Waals surface area contributed by atoms with E-state index in [0.29, 0.717) is 15.6 Å². The minimum absolute atomic E-state index is 0.237. The number of carbonyl (C=O) groups is 3. The number of hydrogen-bond donors (Lipinski definition) is 1. The van der Waals surface area contributed by atoms with Crippen molar-refractivity contribution in [2.24, 2.45) is 10.9 Å². The summed E-state index contributed by atoms with van der Waals surface area (Å²) < 4.78 is 13.9. The molecule has 2 aromatic carbocycles. The van der Waals surface area contributed by atoms with Gasteiger partial charge in [0.25, 0.3) is 5.91 Å². The Kier molecular flexibility index (Phi) is 4.58. The van der Waals surface area contributed by atoms with Gasteiger partial charge in [-0.15, -0.1) is 0 Å². The number of para-hydroxylation sites is 1. The van der Waals surface area contributed by atoms with E-state index >= 15 is 0 Å². The van der Waals surface area contributed by atoms with Gasteiger partial charge in [-0.3, -0.25) is 19.9 Å². The Balaban J connectivity index is 1.92. The number of rotatable bonds is 3. The number of barbiturate groups is 1. The van der Waals surface area contributed by atoms with Gasteiger partial charge in [-0.2, -0.15) is 0 Å². The van der Waals surface area contributed by atoms with Gasteiger partial charge < -0.3 is 0 Å². The minimum atomic E-state index is -1.36. The van der Waals surface area contributed by atoms with Crippen molar-refractivity contribution in [1.29, 1.82) is 0 Å². The lowest BCUT2D eigenvalue weighted by atomic mass is 10.1. The summed E-state index contributed by atoms with van der Waals surface area (Å²) in [4.78, 5) is 41.1. The smallest absolute Gasteiger partial charge is 0.276 e. The highest BCUT2D eigenvalue weighted by Gasteiger charge is 2.41. The van der Waals surface area contributed by atoms with Crippen molar-refractivity contribution in [3.05, 3.63) is 59.4 Å². The molecule has 1 N–H and O–H groups in total. The molecule has 8 heteroatoms. The van der Waals surface area contributed by atoms with Crippen LogP contribution in [0.25, 0.3) is 0 Å². The van der Waals surface area contributed by atoms with E-state index in [1.54, 1.807) is 24.3 Å². The summed E-state index contributed by atoms with van der Waals surface area (Å²) >= 11 is 5.85. The molecule has 0 aromatic heterocycles. The number of carbonyl (C=O) groups excluding carboxylic acids is 3. The number of halogens is 2. The fourth-order valence-electron chi connectivity index (χ4n) is 2.30. The Bertz CT molecular complexity index is 900. The average Bonchev–Trinajstić information content (AvgIpc) is 2.56. The molecule has 3 rings (SSSR count). The predicted molar refractivity (Wildman–Crippen MR) is 90.5 cm³/mol. The van der Waals surface area contributed by atoms with Crippen LogP contribution >= 0.6 is 11.6 Å². The maximum Gasteiger partial charge on any atom is 0.335 e. The van der Waals surface area contributed by atoms with Gasteiger partial charge in [0, 0.05) is 11.2 Å². The minimum Gasteiger partial charge on any atom is -0.276 e. The van der Waals surface area contributed by atoms with E-state index in [0.717, 1.165) is 12.3 Å². The number of nitrogens with zero attached hydrogens (tertiary/aromatic N) is 2. The van der Waals surface area contributed by atoms with E-state index in [1.807, 2.05) is 5.32 Å². The zero-order chi connectivity index (χ0) is 18.0. The summed E-state index contributed by atoms with van der Waals surface area (Å²) in [5.74, 6) is -3.83. The molecule has 1 saturated heterocycles. The molecule has 6 nitrogen and oxygen atoms in total. The van der Waals surface area contributed by atoms with Crippen LogP contribution in [0.15, 0.2) is 53.5 Å². The zero-order valence-electron chi connectivity index (χ0n) is 12.6. The number of urea groups is 1. The van der Waals surface area contributed by atoms with Crippen LogP contribution < -0.4 is 10.2 Å². The highest BCUT2D eigenvalue weighted by molar-refractivity contribution is 6.33. The largest absolute Gasteiger partial charge is 0.335 e. The van der Waals surface area contributed by atoms with E-state index in [1.165, 1.54) is 18.2 Å². The van der Waals surface area contributed by atoms with Crippen LogP contribution in [0.1, 0.15) is 0 Å². The Hall–Kier alpha value is -3.06. The number of aliphatic imine (C=N–C) groups is 1. The third-order valence-corrected chi connectivity index (χ3v) is 3.71. The third-order valence-electron chi connectivity index (χ3n) is 3.48. The first-order valence-corrected chi connectivity index (χ1v) is 7.58. The lowest BCUT2D eigenvalue weighted by molar-refractivity contribution is -0.131. The molecular formula is C17H11ClFN3O3. The molecule has 126 valence electrons. The van der Waals surface area contributed by atoms with Crippen molar-refractivity contribution in [3.63, 3.8) is 0 Å². The first-order chi connectivity index (χ1) is 12.0. The van der Waals surface area contributed by atoms with Crippen LogP contribution in [0.2, 0.25) is 5.02 Å². The Labute approximate surface area is 146 Å². The number of amides is 4. The van der Waals surface area contributed by atoms with Gasteiger partial charge in [-0.25, -0.2) is 14.1 Å². The molecule has 1 fully saturated rings. The summed E-state index contributed by atoms with van der Waals surface area (Å²) in [6, 6.07) is 10.8. The van der Waals surface area contributed by atoms with Crippen LogP contribution in [0, 0.1) is 11.7 Å². The van der Waals surface area contributed by atoms with E-state index in [9.17, 15) is 18.8 Å². The van der Waals surface area contributed by atoms with Gasteiger partial charge >= 0.3 is 6.03 Å². The second-order valence-corrected chi connectivity index (χ2v) is 5.59. The van der Waals surface area contributed by atoms with E-state index < -0.39 is 29.6 Å². The zero-order valence-corrected chi connectivity index (χ0v) is 13.4. The first kappa shape index (κ1) is 16.8. The van der Waals surface area contributed by atoms with Crippen molar-refractivity contribution in [2.45, 2.75) is 0 Å². The number of hydrogen-bond acceptors (Lipinski definition) is 4. The molecule has 4 amide bonds. The van der Waals surface area contributed by atoms with Crippen LogP contribution in [0.5, 0.6) is 0 Å². The summed E-state index contributed by atoms with van der Waals surface area (Å²) in [5.41, 5.74) is 0.195. The number of imide groups is 2. The Morgan fingerprint density at radius 3 is 2.60 bits per heavy atom. The second-order valence-electron chi connectivity index (χ2n) is 5.16. The summed E-state index contributed by atoms with van der Waals surface area (Å²) in [6.07, 6.45) is 1.10. The average molecular weight is 360 g/mol. The highest BCUT2D eigenvalue weighted by Crippen LogP contribution is 2.24. The van der Waals surface area contributed by atoms with Gasteiger partial charge in [0.1, 0.15) is 5.82 Å². The Morgan fingerprint density at radius 2 is 1.88 bits per heavy atom. The summed E-state index contributed by atoms with van der Waals surface area (Å²) in [5, 5.41) is 2.47. The molecule has 0 saturated carbocycles. The molecule has 1 heterocycles.